The number of aliphatic hydroxyl groups excluding tert-OH is 1. The minimum atomic E-state index is -0.529. The molecule has 21 heteroatoms. The van der Waals surface area contributed by atoms with Gasteiger partial charge in [0, 0.05) is 126 Å². The summed E-state index contributed by atoms with van der Waals surface area (Å²) in [7, 11) is 1.00. The highest BCUT2D eigenvalue weighted by molar-refractivity contribution is 6.09. The molecule has 6 N–H and O–H groups in total. The van der Waals surface area contributed by atoms with Crippen molar-refractivity contribution in [1.29, 1.82) is 0 Å². The summed E-state index contributed by atoms with van der Waals surface area (Å²) in [6.07, 6.45) is 8.66. The largest absolute Gasteiger partial charge is 0.444 e. The molecule has 0 atom stereocenters. The van der Waals surface area contributed by atoms with Crippen LogP contribution in [0.5, 0.6) is 0 Å². The Labute approximate surface area is 471 Å². The van der Waals surface area contributed by atoms with E-state index in [1.807, 2.05) is 118 Å². The maximum atomic E-state index is 12.8. The molecule has 10 heterocycles. The second kappa shape index (κ2) is 25.4. The lowest BCUT2D eigenvalue weighted by atomic mass is 10.0. The number of nitrogens with one attached hydrogen (secondary N) is 3. The second-order valence-electron chi connectivity index (χ2n) is 21.5. The van der Waals surface area contributed by atoms with Crippen molar-refractivity contribution in [2.45, 2.75) is 64.1 Å². The fourth-order valence-electron chi connectivity index (χ4n) is 10.3. The molecule has 0 aliphatic carbocycles. The lowest BCUT2D eigenvalue weighted by molar-refractivity contribution is -0.116. The van der Waals surface area contributed by atoms with Crippen molar-refractivity contribution in [3.8, 4) is 0 Å². The van der Waals surface area contributed by atoms with Crippen molar-refractivity contribution in [3.63, 3.8) is 0 Å². The maximum Gasteiger partial charge on any atom is 0.407 e. The normalized spacial score (nSPS) is 16.7. The van der Waals surface area contributed by atoms with E-state index in [2.05, 4.69) is 55.5 Å². The van der Waals surface area contributed by atoms with Crippen LogP contribution in [0.1, 0.15) is 54.4 Å². The number of benzene rings is 2. The van der Waals surface area contributed by atoms with Gasteiger partial charge < -0.3 is 60.6 Å². The minimum Gasteiger partial charge on any atom is -0.444 e. The number of pyridine rings is 4. The van der Waals surface area contributed by atoms with Crippen LogP contribution in [-0.4, -0.2) is 158 Å². The predicted octanol–water partition coefficient (Wildman–Crippen LogP) is 5.81. The first-order valence-corrected chi connectivity index (χ1v) is 27.5. The maximum absolute atomic E-state index is 12.8. The van der Waals surface area contributed by atoms with Crippen LogP contribution in [0, 0.1) is 0 Å². The fourth-order valence-corrected chi connectivity index (χ4v) is 10.3. The number of fused-ring (bicyclic) bond motifs is 2. The van der Waals surface area contributed by atoms with Crippen molar-refractivity contribution in [1.82, 2.24) is 25.3 Å². The molecule has 2 aromatic carbocycles. The zero-order chi connectivity index (χ0) is 56.5. The summed E-state index contributed by atoms with van der Waals surface area (Å²) in [5, 5.41) is 15.8. The Bertz CT molecular complexity index is 3250. The van der Waals surface area contributed by atoms with Crippen LogP contribution in [-0.2, 0) is 49.5 Å². The smallest absolute Gasteiger partial charge is 0.407 e. The number of alkyl carbamates (subject to hydrolysis) is 1. The molecule has 6 aromatic rings. The number of aliphatic imine (C=N–C) groups is 2. The van der Waals surface area contributed by atoms with Crippen LogP contribution in [0.2, 0.25) is 0 Å². The molecule has 21 nitrogen and oxygen atoms in total. The summed E-state index contributed by atoms with van der Waals surface area (Å²) in [5.41, 5.74) is 18.6. The zero-order valence-corrected chi connectivity index (χ0v) is 46.3. The summed E-state index contributed by atoms with van der Waals surface area (Å²) in [6.45, 7) is 14.6. The molecular formula is C60H70N14O7. The van der Waals surface area contributed by atoms with E-state index in [0.29, 0.717) is 45.2 Å². The number of anilines is 6. The Morgan fingerprint density at radius 1 is 0.593 bits per heavy atom. The number of carbonyl (C=O) groups excluding carboxylic acids is 3. The Morgan fingerprint density at radius 3 is 1.43 bits per heavy atom. The van der Waals surface area contributed by atoms with Gasteiger partial charge in [0.25, 0.3) is 0 Å². The minimum absolute atomic E-state index is 0.0191. The average molecular weight is 1100 g/mol. The van der Waals surface area contributed by atoms with E-state index < -0.39 is 11.7 Å². The second-order valence-corrected chi connectivity index (χ2v) is 21.5. The molecule has 3 amide bonds. The van der Waals surface area contributed by atoms with Gasteiger partial charge in [-0.15, -0.1) is 0 Å². The summed E-state index contributed by atoms with van der Waals surface area (Å²) in [4.78, 5) is 74.2. The predicted molar refractivity (Wildman–Crippen MR) is 314 cm³/mol. The first kappa shape index (κ1) is 55.9. The first-order chi connectivity index (χ1) is 39.3. The van der Waals surface area contributed by atoms with Gasteiger partial charge in [-0.2, -0.15) is 0 Å². The Morgan fingerprint density at radius 2 is 1.01 bits per heavy atom. The molecule has 12 rings (SSSR count). The number of nitrogens with two attached hydrogens (primary N) is 1. The number of aromatic nitrogens is 4. The van der Waals surface area contributed by atoms with Gasteiger partial charge in [0.05, 0.1) is 68.1 Å². The van der Waals surface area contributed by atoms with Gasteiger partial charge in [0.1, 0.15) is 17.0 Å². The van der Waals surface area contributed by atoms with Crippen molar-refractivity contribution >= 4 is 75.1 Å². The number of ether oxygens (including phenoxy) is 3. The van der Waals surface area contributed by atoms with E-state index in [9.17, 15) is 14.4 Å². The Kier molecular flexibility index (Phi) is 17.5. The number of amides is 3. The van der Waals surface area contributed by atoms with E-state index >= 15 is 0 Å². The van der Waals surface area contributed by atoms with Crippen LogP contribution >= 0.6 is 0 Å². The van der Waals surface area contributed by atoms with E-state index in [1.54, 1.807) is 12.4 Å². The van der Waals surface area contributed by atoms with Crippen molar-refractivity contribution in [2.24, 2.45) is 15.7 Å². The van der Waals surface area contributed by atoms with Gasteiger partial charge in [-0.1, -0.05) is 24.3 Å². The average Bonchev–Trinajstić information content (AvgIpc) is 4.36. The molecule has 81 heavy (non-hydrogen) atoms. The topological polar surface area (TPSA) is 250 Å². The van der Waals surface area contributed by atoms with Gasteiger partial charge >= 0.3 is 6.09 Å². The van der Waals surface area contributed by atoms with Crippen molar-refractivity contribution in [3.05, 3.63) is 143 Å². The molecule has 0 radical (unpaired) electrons. The van der Waals surface area contributed by atoms with Gasteiger partial charge in [0.15, 0.2) is 11.6 Å². The SMILES string of the molecule is CC(C)(C)OC(=O)NC1CN(c2ccnc(CC(=O)Nc3ccc(C4=Nc5c(ccnc5N5CCOCC5)C4)cc3)c2)C1.CO.NC1CN(c2ccnc(CC(=O)Nc3ccc(C4=Nc5c(ccnc5N5CCOCC5)C4)cc3)c2)C1. The van der Waals surface area contributed by atoms with E-state index in [0.717, 1.165) is 133 Å². The van der Waals surface area contributed by atoms with E-state index in [4.69, 9.17) is 35.0 Å². The number of rotatable bonds is 13. The number of nitrogens with zero attached hydrogens (tertiary/aromatic N) is 10. The number of aliphatic hydroxyl groups is 1. The summed E-state index contributed by atoms with van der Waals surface area (Å²) < 4.78 is 16.3. The first-order valence-electron chi connectivity index (χ1n) is 27.5. The standard InChI is InChI=1S/C32H37N7O4.C27H29N7O2.CH4O/c1-32(2,3)43-31(41)36-25-19-39(20-25)26-9-11-33-24(17-26)18-28(40)35-23-6-4-21(5-7-23)27-16-22-8-10-34-30(29(22)37-27)38-12-14-42-15-13-38;28-20-16-34(17-20)23-6-8-29-22(14-23)15-25(35)31-21-3-1-18(2-4-21)24-13-19-5-7-30-27(26(19)32-24)33-9-11-36-12-10-33;1-2/h4-11,17,25H,12-16,18-20H2,1-3H3,(H,35,40)(H,36,41);1-8,14,20H,9-13,15-17,28H2,(H,31,35);2H,1H3. The number of carbonyl (C=O) groups is 3. The zero-order valence-electron chi connectivity index (χ0n) is 46.3. The third-order valence-electron chi connectivity index (χ3n) is 14.3. The Hall–Kier alpha value is -8.37. The van der Waals surface area contributed by atoms with Crippen LogP contribution in [0.3, 0.4) is 0 Å². The summed E-state index contributed by atoms with van der Waals surface area (Å²) >= 11 is 0. The van der Waals surface area contributed by atoms with Crippen LogP contribution in [0.4, 0.5) is 50.6 Å². The van der Waals surface area contributed by atoms with Gasteiger partial charge in [-0.25, -0.2) is 24.7 Å². The number of hydrogen-bond donors (Lipinski definition) is 5. The summed E-state index contributed by atoms with van der Waals surface area (Å²) in [6, 6.07) is 27.7. The molecule has 6 aliphatic heterocycles. The van der Waals surface area contributed by atoms with Crippen LogP contribution < -0.4 is 41.3 Å². The highest BCUT2D eigenvalue weighted by Crippen LogP contribution is 2.38. The molecule has 6 aliphatic rings. The van der Waals surface area contributed by atoms with Crippen molar-refractivity contribution < 1.29 is 33.7 Å². The molecule has 422 valence electrons. The third kappa shape index (κ3) is 14.2. The molecule has 4 saturated heterocycles. The number of hydrogen-bond acceptors (Lipinski definition) is 18. The van der Waals surface area contributed by atoms with Gasteiger partial charge in [0.2, 0.25) is 11.8 Å². The van der Waals surface area contributed by atoms with Gasteiger partial charge in [-0.05, 0) is 104 Å². The van der Waals surface area contributed by atoms with Crippen molar-refractivity contribution in [2.75, 3.05) is 116 Å². The monoisotopic (exact) mass is 1100 g/mol. The highest BCUT2D eigenvalue weighted by Gasteiger charge is 2.31. The molecule has 0 unspecified atom stereocenters. The molecule has 0 bridgehead atoms. The quantitative estimate of drug-likeness (QED) is 0.0915. The lowest BCUT2D eigenvalue weighted by Gasteiger charge is -2.41. The fraction of sp³-hybridized carbons (Fsp3) is 0.383. The molecule has 4 aromatic heterocycles. The molecular weight excluding hydrogens is 1030 g/mol. The Balaban J connectivity index is 0.000000179. The third-order valence-corrected chi connectivity index (χ3v) is 14.3. The number of morpholine rings is 2. The van der Waals surface area contributed by atoms with E-state index in [-0.39, 0.29) is 36.7 Å². The van der Waals surface area contributed by atoms with E-state index in [1.165, 1.54) is 11.1 Å². The molecule has 0 spiro atoms. The van der Waals surface area contributed by atoms with Crippen LogP contribution in [0.25, 0.3) is 0 Å². The van der Waals surface area contributed by atoms with Crippen LogP contribution in [0.15, 0.2) is 120 Å². The molecule has 0 saturated carbocycles. The summed E-state index contributed by atoms with van der Waals surface area (Å²) in [5.74, 6) is 1.62. The van der Waals surface area contributed by atoms with Gasteiger partial charge in [-0.3, -0.25) is 19.6 Å². The highest BCUT2D eigenvalue weighted by atomic mass is 16.6. The molecule has 4 fully saturated rings. The lowest BCUT2D eigenvalue weighted by Crippen LogP contribution is -2.60.